The predicted molar refractivity (Wildman–Crippen MR) is 67.3 cm³/mol. The fourth-order valence-corrected chi connectivity index (χ4v) is 1.87. The van der Waals surface area contributed by atoms with Gasteiger partial charge in [0.05, 0.1) is 7.11 Å². The van der Waals surface area contributed by atoms with Gasteiger partial charge in [-0.15, -0.1) is 0 Å². The summed E-state index contributed by atoms with van der Waals surface area (Å²) in [6.45, 7) is 4.13. The molecule has 0 saturated carbocycles. The largest absolute Gasteiger partial charge is 0.497 e. The second-order valence-corrected chi connectivity index (χ2v) is 4.66. The maximum absolute atomic E-state index is 10.8. The second kappa shape index (κ2) is 6.28. The SMILES string of the molecule is COc1cccc(CC(CC(=O)O)C(C)C)c1. The standard InChI is InChI=1S/C14H20O3/c1-10(2)12(9-14(15)16)7-11-5-4-6-13(8-11)17-3/h4-6,8,10,12H,7,9H2,1-3H3,(H,15,16). The van der Waals surface area contributed by atoms with Gasteiger partial charge in [0.15, 0.2) is 0 Å². The average Bonchev–Trinajstić information content (AvgIpc) is 2.27. The van der Waals surface area contributed by atoms with Gasteiger partial charge in [0, 0.05) is 6.42 Å². The van der Waals surface area contributed by atoms with Gasteiger partial charge in [-0.1, -0.05) is 26.0 Å². The van der Waals surface area contributed by atoms with E-state index in [1.54, 1.807) is 7.11 Å². The number of carboxylic acid groups (broad SMARTS) is 1. The molecule has 0 bridgehead atoms. The number of ether oxygens (including phenoxy) is 1. The summed E-state index contributed by atoms with van der Waals surface area (Å²) in [7, 11) is 1.64. The number of aliphatic carboxylic acids is 1. The van der Waals surface area contributed by atoms with E-state index < -0.39 is 5.97 Å². The van der Waals surface area contributed by atoms with Gasteiger partial charge in [0.2, 0.25) is 0 Å². The van der Waals surface area contributed by atoms with Crippen molar-refractivity contribution in [1.29, 1.82) is 0 Å². The van der Waals surface area contributed by atoms with Crippen LogP contribution in [0, 0.1) is 11.8 Å². The summed E-state index contributed by atoms with van der Waals surface area (Å²) >= 11 is 0. The molecule has 3 nitrogen and oxygen atoms in total. The second-order valence-electron chi connectivity index (χ2n) is 4.66. The third-order valence-electron chi connectivity index (χ3n) is 3.01. The Morgan fingerprint density at radius 2 is 2.12 bits per heavy atom. The number of benzene rings is 1. The lowest BCUT2D eigenvalue weighted by molar-refractivity contribution is -0.138. The minimum atomic E-state index is -0.730. The quantitative estimate of drug-likeness (QED) is 0.826. The first-order valence-corrected chi connectivity index (χ1v) is 5.87. The van der Waals surface area contributed by atoms with Crippen molar-refractivity contribution in [1.82, 2.24) is 0 Å². The Morgan fingerprint density at radius 1 is 1.41 bits per heavy atom. The van der Waals surface area contributed by atoms with E-state index in [1.165, 1.54) is 0 Å². The van der Waals surface area contributed by atoms with E-state index in [2.05, 4.69) is 13.8 Å². The fourth-order valence-electron chi connectivity index (χ4n) is 1.87. The van der Waals surface area contributed by atoms with E-state index in [4.69, 9.17) is 9.84 Å². The highest BCUT2D eigenvalue weighted by molar-refractivity contribution is 5.67. The molecule has 1 N–H and O–H groups in total. The van der Waals surface area contributed by atoms with Gasteiger partial charge >= 0.3 is 5.97 Å². The third-order valence-corrected chi connectivity index (χ3v) is 3.01. The Kier molecular flexibility index (Phi) is 5.01. The molecule has 0 aliphatic heterocycles. The molecule has 1 unspecified atom stereocenters. The van der Waals surface area contributed by atoms with Crippen molar-refractivity contribution in [2.75, 3.05) is 7.11 Å². The molecule has 1 rings (SSSR count). The van der Waals surface area contributed by atoms with Gasteiger partial charge in [-0.3, -0.25) is 4.79 Å². The van der Waals surface area contributed by atoms with Crippen LogP contribution in [-0.4, -0.2) is 18.2 Å². The minimum absolute atomic E-state index is 0.166. The van der Waals surface area contributed by atoms with Gasteiger partial charge in [-0.2, -0.15) is 0 Å². The summed E-state index contributed by atoms with van der Waals surface area (Å²) in [6.07, 6.45) is 0.996. The van der Waals surface area contributed by atoms with Crippen molar-refractivity contribution in [3.63, 3.8) is 0 Å². The van der Waals surface area contributed by atoms with Crippen LogP contribution < -0.4 is 4.74 Å². The van der Waals surface area contributed by atoms with Crippen LogP contribution in [-0.2, 0) is 11.2 Å². The van der Waals surface area contributed by atoms with Crippen molar-refractivity contribution in [2.24, 2.45) is 11.8 Å². The lowest BCUT2D eigenvalue weighted by Gasteiger charge is -2.19. The highest BCUT2D eigenvalue weighted by Gasteiger charge is 2.17. The molecule has 0 saturated heterocycles. The van der Waals surface area contributed by atoms with Crippen LogP contribution in [0.2, 0.25) is 0 Å². The highest BCUT2D eigenvalue weighted by Crippen LogP contribution is 2.23. The first-order valence-electron chi connectivity index (χ1n) is 5.87. The van der Waals surface area contributed by atoms with Gasteiger partial charge in [-0.25, -0.2) is 0 Å². The number of hydrogen-bond acceptors (Lipinski definition) is 2. The molecule has 1 atom stereocenters. The molecular weight excluding hydrogens is 216 g/mol. The maximum atomic E-state index is 10.8. The van der Waals surface area contributed by atoms with Crippen LogP contribution >= 0.6 is 0 Å². The predicted octanol–water partition coefficient (Wildman–Crippen LogP) is 2.98. The Morgan fingerprint density at radius 3 is 2.65 bits per heavy atom. The molecule has 0 amide bonds. The third kappa shape index (κ3) is 4.47. The zero-order valence-corrected chi connectivity index (χ0v) is 10.6. The van der Waals surface area contributed by atoms with Crippen LogP contribution in [0.5, 0.6) is 5.75 Å². The average molecular weight is 236 g/mol. The first kappa shape index (κ1) is 13.6. The van der Waals surface area contributed by atoms with E-state index in [1.807, 2.05) is 24.3 Å². The molecule has 1 aromatic carbocycles. The molecular formula is C14H20O3. The molecule has 0 aliphatic rings. The Bertz CT molecular complexity index is 371. The molecule has 0 fully saturated rings. The van der Waals surface area contributed by atoms with Gasteiger partial charge < -0.3 is 9.84 Å². The Hall–Kier alpha value is -1.51. The van der Waals surface area contributed by atoms with Crippen LogP contribution in [0.3, 0.4) is 0 Å². The lowest BCUT2D eigenvalue weighted by atomic mass is 9.86. The van der Waals surface area contributed by atoms with Crippen molar-refractivity contribution in [2.45, 2.75) is 26.7 Å². The first-order chi connectivity index (χ1) is 8.02. The van der Waals surface area contributed by atoms with E-state index in [0.29, 0.717) is 5.92 Å². The molecule has 0 aromatic heterocycles. The number of hydrogen-bond donors (Lipinski definition) is 1. The van der Waals surface area contributed by atoms with E-state index in [-0.39, 0.29) is 12.3 Å². The molecule has 0 aliphatic carbocycles. The Balaban J connectivity index is 2.74. The summed E-state index contributed by atoms with van der Waals surface area (Å²) in [6, 6.07) is 7.81. The van der Waals surface area contributed by atoms with Gasteiger partial charge in [-0.05, 0) is 36.0 Å². The molecule has 0 radical (unpaired) electrons. The highest BCUT2D eigenvalue weighted by atomic mass is 16.5. The molecule has 1 aromatic rings. The molecule has 94 valence electrons. The number of rotatable bonds is 6. The van der Waals surface area contributed by atoms with Gasteiger partial charge in [0.1, 0.15) is 5.75 Å². The number of methoxy groups -OCH3 is 1. The van der Waals surface area contributed by atoms with Gasteiger partial charge in [0.25, 0.3) is 0 Å². The Labute approximate surface area is 102 Å². The molecule has 0 heterocycles. The zero-order valence-electron chi connectivity index (χ0n) is 10.6. The van der Waals surface area contributed by atoms with Crippen molar-refractivity contribution >= 4 is 5.97 Å². The van der Waals surface area contributed by atoms with E-state index in [0.717, 1.165) is 17.7 Å². The van der Waals surface area contributed by atoms with E-state index >= 15 is 0 Å². The zero-order chi connectivity index (χ0) is 12.8. The number of carbonyl (C=O) groups is 1. The summed E-state index contributed by atoms with van der Waals surface area (Å²) in [4.78, 5) is 10.8. The topological polar surface area (TPSA) is 46.5 Å². The molecule has 0 spiro atoms. The van der Waals surface area contributed by atoms with Crippen LogP contribution in [0.15, 0.2) is 24.3 Å². The lowest BCUT2D eigenvalue weighted by Crippen LogP contribution is -2.16. The number of carboxylic acids is 1. The van der Waals surface area contributed by atoms with Crippen LogP contribution in [0.1, 0.15) is 25.8 Å². The fraction of sp³-hybridized carbons (Fsp3) is 0.500. The molecule has 17 heavy (non-hydrogen) atoms. The minimum Gasteiger partial charge on any atom is -0.497 e. The van der Waals surface area contributed by atoms with Crippen LogP contribution in [0.25, 0.3) is 0 Å². The van der Waals surface area contributed by atoms with Crippen LogP contribution in [0.4, 0.5) is 0 Å². The summed E-state index contributed by atoms with van der Waals surface area (Å²) in [5, 5.41) is 8.89. The van der Waals surface area contributed by atoms with Crippen molar-refractivity contribution in [3.8, 4) is 5.75 Å². The van der Waals surface area contributed by atoms with Crippen molar-refractivity contribution < 1.29 is 14.6 Å². The monoisotopic (exact) mass is 236 g/mol. The van der Waals surface area contributed by atoms with Crippen molar-refractivity contribution in [3.05, 3.63) is 29.8 Å². The smallest absolute Gasteiger partial charge is 0.303 e. The summed E-state index contributed by atoms with van der Waals surface area (Å²) < 4.78 is 5.16. The normalized spacial score (nSPS) is 12.5. The summed E-state index contributed by atoms with van der Waals surface area (Å²) in [5.41, 5.74) is 1.13. The molecule has 3 heteroatoms. The van der Waals surface area contributed by atoms with E-state index in [9.17, 15) is 4.79 Å². The maximum Gasteiger partial charge on any atom is 0.303 e. The summed E-state index contributed by atoms with van der Waals surface area (Å²) in [5.74, 6) is 0.615.